The van der Waals surface area contributed by atoms with Gasteiger partial charge < -0.3 is 15.1 Å². The Balaban J connectivity index is 0.00000109. The molecule has 1 saturated carbocycles. The largest absolute Gasteiger partial charge is 0.513 e. The van der Waals surface area contributed by atoms with Crippen LogP contribution in [0.4, 0.5) is 26.3 Å². The van der Waals surface area contributed by atoms with E-state index in [1.165, 1.54) is 31.2 Å². The van der Waals surface area contributed by atoms with E-state index < -0.39 is 44.1 Å². The van der Waals surface area contributed by atoms with Gasteiger partial charge in [0.05, 0.1) is 16.7 Å². The van der Waals surface area contributed by atoms with Crippen molar-refractivity contribution in [2.45, 2.75) is 91.9 Å². The molecule has 3 aliphatic rings. The van der Waals surface area contributed by atoms with Gasteiger partial charge in [-0.05, 0) is 74.4 Å². The number of nitrogens with zero attached hydrogens (tertiary/aromatic N) is 1. The Hall–Kier alpha value is -2.77. The minimum absolute atomic E-state index is 0.0121. The highest BCUT2D eigenvalue weighted by molar-refractivity contribution is 7.92. The molecule has 14 heteroatoms. The van der Waals surface area contributed by atoms with Gasteiger partial charge in [0.1, 0.15) is 4.75 Å². The lowest BCUT2D eigenvalue weighted by molar-refractivity contribution is -0.376. The monoisotopic (exact) mass is 681 g/mol. The molecule has 0 aromatic heterocycles. The van der Waals surface area contributed by atoms with Crippen molar-refractivity contribution in [2.75, 3.05) is 6.54 Å². The summed E-state index contributed by atoms with van der Waals surface area (Å²) in [5, 5.41) is 18.1. The Morgan fingerprint density at radius 2 is 1.53 bits per heavy atom. The summed E-state index contributed by atoms with van der Waals surface area (Å²) in [6.45, 7) is 4.71. The normalized spacial score (nSPS) is 22.6. The van der Waals surface area contributed by atoms with Crippen LogP contribution in [-0.2, 0) is 31.4 Å². The van der Waals surface area contributed by atoms with Crippen molar-refractivity contribution < 1.29 is 49.8 Å². The zero-order valence-electron chi connectivity index (χ0n) is 24.4. The van der Waals surface area contributed by atoms with Crippen molar-refractivity contribution in [3.8, 4) is 0 Å². The molecule has 248 valence electrons. The predicted molar refractivity (Wildman–Crippen MR) is 155 cm³/mol. The molecule has 1 aliphatic heterocycles. The Morgan fingerprint density at radius 1 is 0.978 bits per heavy atom. The molecule has 0 spiro atoms. The minimum atomic E-state index is -6.08. The van der Waals surface area contributed by atoms with E-state index in [1.807, 2.05) is 0 Å². The van der Waals surface area contributed by atoms with Crippen LogP contribution in [0.3, 0.4) is 0 Å². The van der Waals surface area contributed by atoms with E-state index in [0.29, 0.717) is 25.0 Å². The molecule has 45 heavy (non-hydrogen) atoms. The number of aliphatic hydroxyl groups excluding tert-OH is 1. The van der Waals surface area contributed by atoms with Crippen molar-refractivity contribution in [3.63, 3.8) is 0 Å². The lowest BCUT2D eigenvalue weighted by atomic mass is 9.76. The molecule has 2 aromatic carbocycles. The number of alkyl halides is 6. The first kappa shape index (κ1) is 35.1. The van der Waals surface area contributed by atoms with Crippen LogP contribution in [0.1, 0.15) is 68.6 Å². The third-order valence-electron chi connectivity index (χ3n) is 8.97. The molecule has 2 aromatic rings. The topological polar surface area (TPSA) is 94.9 Å². The number of halogens is 7. The van der Waals surface area contributed by atoms with Gasteiger partial charge in [-0.15, -0.1) is 0 Å². The van der Waals surface area contributed by atoms with Gasteiger partial charge in [0, 0.05) is 23.0 Å². The van der Waals surface area contributed by atoms with Gasteiger partial charge in [0.15, 0.2) is 9.84 Å². The van der Waals surface area contributed by atoms with Crippen LogP contribution >= 0.6 is 11.6 Å². The predicted octanol–water partition coefficient (Wildman–Crippen LogP) is 7.53. The standard InChI is InChI=1S/C28H28ClF6NO4S.C3H6O/c29-20-8-10-21(11-9-20)41(39,40)25-14-15-36(24(37)17-4-2-1-3-5-17)23(25)13-6-18-16-19(7-12-22(18)25)26(38,27(30,31)32)28(33,34)35;1-3(2)4/h7-12,16-17,23,38H,1-6,13-15H2;4H,1H2,2H3. The molecule has 2 N–H and O–H groups in total. The van der Waals surface area contributed by atoms with Gasteiger partial charge in [-0.3, -0.25) is 4.79 Å². The first-order chi connectivity index (χ1) is 20.8. The number of rotatable bonds is 4. The smallest absolute Gasteiger partial charge is 0.430 e. The van der Waals surface area contributed by atoms with E-state index >= 15 is 0 Å². The van der Waals surface area contributed by atoms with Crippen molar-refractivity contribution in [2.24, 2.45) is 5.92 Å². The van der Waals surface area contributed by atoms with Crippen LogP contribution < -0.4 is 0 Å². The molecule has 0 radical (unpaired) electrons. The molecule has 1 heterocycles. The van der Waals surface area contributed by atoms with Crippen molar-refractivity contribution >= 4 is 27.3 Å². The number of benzene rings is 2. The van der Waals surface area contributed by atoms with Gasteiger partial charge in [0.25, 0.3) is 5.60 Å². The molecule has 1 amide bonds. The number of aryl methyl sites for hydroxylation is 1. The summed E-state index contributed by atoms with van der Waals surface area (Å²) < 4.78 is 109. The van der Waals surface area contributed by atoms with Crippen LogP contribution in [0.25, 0.3) is 0 Å². The Kier molecular flexibility index (Phi) is 9.70. The van der Waals surface area contributed by atoms with Crippen LogP contribution in [0.15, 0.2) is 59.7 Å². The third-order valence-corrected chi connectivity index (χ3v) is 11.8. The highest BCUT2D eigenvalue weighted by Gasteiger charge is 2.72. The van der Waals surface area contributed by atoms with Crippen LogP contribution in [0, 0.1) is 5.92 Å². The molecule has 1 saturated heterocycles. The fourth-order valence-corrected chi connectivity index (χ4v) is 9.41. The summed E-state index contributed by atoms with van der Waals surface area (Å²) in [5.41, 5.74) is -6.60. The number of hydrogen-bond donors (Lipinski definition) is 2. The Bertz CT molecular complexity index is 1520. The van der Waals surface area contributed by atoms with Gasteiger partial charge in [-0.1, -0.05) is 55.6 Å². The zero-order chi connectivity index (χ0) is 33.6. The van der Waals surface area contributed by atoms with Crippen molar-refractivity contribution in [1.29, 1.82) is 0 Å². The van der Waals surface area contributed by atoms with Crippen LogP contribution in [0.5, 0.6) is 0 Å². The van der Waals surface area contributed by atoms with E-state index in [-0.39, 0.29) is 64.4 Å². The fraction of sp³-hybridized carbons (Fsp3) is 0.516. The molecule has 5 rings (SSSR count). The maximum absolute atomic E-state index is 14.4. The molecule has 2 unspecified atom stereocenters. The number of carbonyl (C=O) groups is 1. The summed E-state index contributed by atoms with van der Waals surface area (Å²) in [6, 6.07) is 6.51. The molecule has 2 aliphatic carbocycles. The second kappa shape index (κ2) is 12.4. The summed E-state index contributed by atoms with van der Waals surface area (Å²) in [6.07, 6.45) is -8.23. The van der Waals surface area contributed by atoms with E-state index in [4.69, 9.17) is 16.7 Å². The first-order valence-corrected chi connectivity index (χ1v) is 16.3. The quantitative estimate of drug-likeness (QED) is 0.257. The Labute approximate surface area is 262 Å². The van der Waals surface area contributed by atoms with Gasteiger partial charge in [0.2, 0.25) is 5.91 Å². The average Bonchev–Trinajstić information content (AvgIpc) is 3.37. The van der Waals surface area contributed by atoms with E-state index in [1.54, 1.807) is 4.90 Å². The van der Waals surface area contributed by atoms with Gasteiger partial charge in [-0.2, -0.15) is 26.3 Å². The minimum Gasteiger partial charge on any atom is -0.513 e. The molecule has 2 fully saturated rings. The lowest BCUT2D eigenvalue weighted by Crippen LogP contribution is -2.55. The Morgan fingerprint density at radius 3 is 2.07 bits per heavy atom. The molecule has 2 atom stereocenters. The summed E-state index contributed by atoms with van der Waals surface area (Å²) in [7, 11) is -4.35. The van der Waals surface area contributed by atoms with Crippen molar-refractivity contribution in [3.05, 3.63) is 76.5 Å². The number of aliphatic hydroxyl groups is 2. The highest BCUT2D eigenvalue weighted by atomic mass is 35.5. The third kappa shape index (κ3) is 6.07. The SMILES string of the molecule is C=C(C)O.O=C(C1CCCCC1)N1CCC2(S(=O)(=O)c3ccc(Cl)cc3)c3ccc(C(O)(C(F)(F)F)C(F)(F)F)cc3CCC12. The maximum Gasteiger partial charge on any atom is 0.430 e. The second-order valence-corrected chi connectivity index (χ2v) is 14.5. The van der Waals surface area contributed by atoms with Crippen LogP contribution in [-0.4, -0.2) is 54.4 Å². The average molecular weight is 682 g/mol. The first-order valence-electron chi connectivity index (χ1n) is 14.4. The zero-order valence-corrected chi connectivity index (χ0v) is 26.0. The molecular formula is C31H34ClF6NO5S. The van der Waals surface area contributed by atoms with E-state index in [0.717, 1.165) is 25.3 Å². The van der Waals surface area contributed by atoms with E-state index in [9.17, 15) is 44.7 Å². The summed E-state index contributed by atoms with van der Waals surface area (Å²) >= 11 is 5.97. The number of sulfone groups is 1. The number of fused-ring (bicyclic) bond motifs is 3. The molecule has 0 bridgehead atoms. The maximum atomic E-state index is 14.4. The van der Waals surface area contributed by atoms with Gasteiger partial charge in [-0.25, -0.2) is 8.42 Å². The number of allylic oxidation sites excluding steroid dienone is 1. The lowest BCUT2D eigenvalue weighted by Gasteiger charge is -2.44. The van der Waals surface area contributed by atoms with Crippen molar-refractivity contribution in [1.82, 2.24) is 4.90 Å². The summed E-state index contributed by atoms with van der Waals surface area (Å²) in [5.74, 6) is -0.276. The molecule has 6 nitrogen and oxygen atoms in total. The number of likely N-dealkylation sites (tertiary alicyclic amines) is 1. The number of amides is 1. The van der Waals surface area contributed by atoms with E-state index in [2.05, 4.69) is 6.58 Å². The van der Waals surface area contributed by atoms with Gasteiger partial charge >= 0.3 is 12.4 Å². The number of carbonyl (C=O) groups excluding carboxylic acids is 1. The fourth-order valence-electron chi connectivity index (χ4n) is 6.91. The number of hydrogen-bond acceptors (Lipinski definition) is 5. The van der Waals surface area contributed by atoms with Crippen LogP contribution in [0.2, 0.25) is 5.02 Å². The second-order valence-electron chi connectivity index (χ2n) is 11.8. The summed E-state index contributed by atoms with van der Waals surface area (Å²) in [4.78, 5) is 15.1. The molecular weight excluding hydrogens is 648 g/mol. The highest BCUT2D eigenvalue weighted by Crippen LogP contribution is 2.55.